The van der Waals surface area contributed by atoms with Crippen LogP contribution in [0.1, 0.15) is 20.3 Å². The molecule has 1 aliphatic rings. The predicted octanol–water partition coefficient (Wildman–Crippen LogP) is -0.148. The minimum absolute atomic E-state index is 0.0326. The molecule has 90 valence electrons. The second-order valence-electron chi connectivity index (χ2n) is 4.29. The maximum absolute atomic E-state index is 12.0. The smallest absolute Gasteiger partial charge is 0.281 e. The molecule has 1 saturated heterocycles. The van der Waals surface area contributed by atoms with E-state index in [1.54, 1.807) is 7.05 Å². The molecule has 0 spiro atoms. The second kappa shape index (κ2) is 4.78. The third kappa shape index (κ3) is 2.69. The molecular formula is C9H21N3O2S. The highest BCUT2D eigenvalue weighted by molar-refractivity contribution is 7.86. The van der Waals surface area contributed by atoms with Gasteiger partial charge in [0.15, 0.2) is 0 Å². The third-order valence-electron chi connectivity index (χ3n) is 2.90. The van der Waals surface area contributed by atoms with E-state index in [-0.39, 0.29) is 12.0 Å². The lowest BCUT2D eigenvalue weighted by Gasteiger charge is -2.23. The van der Waals surface area contributed by atoms with Crippen LogP contribution in [-0.4, -0.2) is 49.8 Å². The molecule has 5 nitrogen and oxygen atoms in total. The van der Waals surface area contributed by atoms with Crippen LogP contribution < -0.4 is 5.73 Å². The summed E-state index contributed by atoms with van der Waals surface area (Å²) in [7, 11) is -1.66. The molecule has 0 radical (unpaired) electrons. The molecule has 1 rings (SSSR count). The highest BCUT2D eigenvalue weighted by atomic mass is 32.2. The SMILES string of the molecule is CCCN(C)S(=O)(=O)N1CC(C)C(N)C1. The van der Waals surface area contributed by atoms with Gasteiger partial charge in [0.1, 0.15) is 0 Å². The van der Waals surface area contributed by atoms with Crippen molar-refractivity contribution in [1.82, 2.24) is 8.61 Å². The zero-order valence-electron chi connectivity index (χ0n) is 9.68. The number of nitrogens with two attached hydrogens (primary N) is 1. The van der Waals surface area contributed by atoms with E-state index in [9.17, 15) is 8.42 Å². The molecule has 2 atom stereocenters. The Morgan fingerprint density at radius 3 is 2.47 bits per heavy atom. The number of hydrogen-bond donors (Lipinski definition) is 1. The normalized spacial score (nSPS) is 28.9. The average molecular weight is 235 g/mol. The molecule has 0 aromatic heterocycles. The molecular weight excluding hydrogens is 214 g/mol. The van der Waals surface area contributed by atoms with Crippen molar-refractivity contribution in [3.05, 3.63) is 0 Å². The van der Waals surface area contributed by atoms with Crippen LogP contribution in [0.2, 0.25) is 0 Å². The first-order valence-corrected chi connectivity index (χ1v) is 6.76. The molecule has 0 bridgehead atoms. The van der Waals surface area contributed by atoms with Crippen molar-refractivity contribution < 1.29 is 8.42 Å². The molecule has 2 N–H and O–H groups in total. The summed E-state index contributed by atoms with van der Waals surface area (Å²) in [6.07, 6.45) is 0.825. The van der Waals surface area contributed by atoms with E-state index in [1.807, 2.05) is 13.8 Å². The summed E-state index contributed by atoms with van der Waals surface area (Å²) in [5, 5.41) is 0. The largest absolute Gasteiger partial charge is 0.326 e. The van der Waals surface area contributed by atoms with E-state index in [0.717, 1.165) is 6.42 Å². The van der Waals surface area contributed by atoms with Crippen molar-refractivity contribution in [2.75, 3.05) is 26.7 Å². The molecule has 0 saturated carbocycles. The Labute approximate surface area is 92.4 Å². The molecule has 0 amide bonds. The first-order valence-electron chi connectivity index (χ1n) is 5.36. The van der Waals surface area contributed by atoms with Crippen molar-refractivity contribution in [1.29, 1.82) is 0 Å². The Bertz CT molecular complexity index is 294. The fraction of sp³-hybridized carbons (Fsp3) is 1.00. The van der Waals surface area contributed by atoms with Gasteiger partial charge in [-0.25, -0.2) is 0 Å². The van der Waals surface area contributed by atoms with Crippen LogP contribution in [0.4, 0.5) is 0 Å². The van der Waals surface area contributed by atoms with E-state index >= 15 is 0 Å². The highest BCUT2D eigenvalue weighted by Gasteiger charge is 2.36. The molecule has 0 aromatic rings. The standard InChI is InChI=1S/C9H21N3O2S/c1-4-5-11(3)15(13,14)12-6-8(2)9(10)7-12/h8-9H,4-7,10H2,1-3H3. The van der Waals surface area contributed by atoms with Gasteiger partial charge in [-0.1, -0.05) is 13.8 Å². The molecule has 15 heavy (non-hydrogen) atoms. The van der Waals surface area contributed by atoms with Crippen LogP contribution in [-0.2, 0) is 10.2 Å². The quantitative estimate of drug-likeness (QED) is 0.737. The van der Waals surface area contributed by atoms with Gasteiger partial charge >= 0.3 is 0 Å². The van der Waals surface area contributed by atoms with Crippen LogP contribution in [0.3, 0.4) is 0 Å². The summed E-state index contributed by atoms with van der Waals surface area (Å²) in [5.41, 5.74) is 5.81. The van der Waals surface area contributed by atoms with Crippen LogP contribution >= 0.6 is 0 Å². The summed E-state index contributed by atoms with van der Waals surface area (Å²) in [6, 6.07) is -0.0326. The van der Waals surface area contributed by atoms with Gasteiger partial charge in [-0.2, -0.15) is 17.0 Å². The first-order chi connectivity index (χ1) is 6.89. The fourth-order valence-electron chi connectivity index (χ4n) is 1.76. The number of rotatable bonds is 4. The van der Waals surface area contributed by atoms with Gasteiger partial charge in [-0.05, 0) is 12.3 Å². The Morgan fingerprint density at radius 2 is 2.07 bits per heavy atom. The van der Waals surface area contributed by atoms with Crippen molar-refractivity contribution in [3.8, 4) is 0 Å². The maximum atomic E-state index is 12.0. The molecule has 1 aliphatic heterocycles. The zero-order chi connectivity index (χ0) is 11.6. The minimum Gasteiger partial charge on any atom is -0.326 e. The predicted molar refractivity (Wildman–Crippen MR) is 60.6 cm³/mol. The summed E-state index contributed by atoms with van der Waals surface area (Å²) < 4.78 is 26.9. The van der Waals surface area contributed by atoms with Gasteiger partial charge in [0.05, 0.1) is 0 Å². The van der Waals surface area contributed by atoms with Gasteiger partial charge in [-0.15, -0.1) is 0 Å². The van der Waals surface area contributed by atoms with E-state index in [1.165, 1.54) is 8.61 Å². The van der Waals surface area contributed by atoms with Crippen LogP contribution in [0.25, 0.3) is 0 Å². The molecule has 6 heteroatoms. The molecule has 2 unspecified atom stereocenters. The fourth-order valence-corrected chi connectivity index (χ4v) is 3.35. The zero-order valence-corrected chi connectivity index (χ0v) is 10.5. The molecule has 1 fully saturated rings. The van der Waals surface area contributed by atoms with Crippen molar-refractivity contribution in [3.63, 3.8) is 0 Å². The van der Waals surface area contributed by atoms with E-state index in [4.69, 9.17) is 5.73 Å². The molecule has 1 heterocycles. The van der Waals surface area contributed by atoms with Gasteiger partial charge in [0, 0.05) is 32.7 Å². The lowest BCUT2D eigenvalue weighted by Crippen LogP contribution is -2.41. The Balaban J connectivity index is 2.71. The lowest BCUT2D eigenvalue weighted by molar-refractivity contribution is 0.388. The lowest BCUT2D eigenvalue weighted by atomic mass is 10.1. The summed E-state index contributed by atoms with van der Waals surface area (Å²) >= 11 is 0. The summed E-state index contributed by atoms with van der Waals surface area (Å²) in [5.74, 6) is 0.245. The molecule has 0 aromatic carbocycles. The van der Waals surface area contributed by atoms with E-state index in [0.29, 0.717) is 19.6 Å². The Hall–Kier alpha value is -0.170. The van der Waals surface area contributed by atoms with Crippen molar-refractivity contribution in [2.45, 2.75) is 26.3 Å². The third-order valence-corrected chi connectivity index (χ3v) is 4.82. The summed E-state index contributed by atoms with van der Waals surface area (Å²) in [4.78, 5) is 0. The van der Waals surface area contributed by atoms with Crippen LogP contribution in [0.5, 0.6) is 0 Å². The monoisotopic (exact) mass is 235 g/mol. The van der Waals surface area contributed by atoms with Crippen LogP contribution in [0.15, 0.2) is 0 Å². The Kier molecular flexibility index (Phi) is 4.11. The molecule has 0 aliphatic carbocycles. The van der Waals surface area contributed by atoms with E-state index in [2.05, 4.69) is 0 Å². The number of hydrogen-bond acceptors (Lipinski definition) is 3. The second-order valence-corrected chi connectivity index (χ2v) is 6.32. The van der Waals surface area contributed by atoms with Gasteiger partial charge in [0.25, 0.3) is 10.2 Å². The Morgan fingerprint density at radius 1 is 1.47 bits per heavy atom. The summed E-state index contributed by atoms with van der Waals surface area (Å²) in [6.45, 7) is 5.49. The topological polar surface area (TPSA) is 66.6 Å². The van der Waals surface area contributed by atoms with Gasteiger partial charge in [-0.3, -0.25) is 0 Å². The minimum atomic E-state index is -3.28. The van der Waals surface area contributed by atoms with Crippen molar-refractivity contribution >= 4 is 10.2 Å². The van der Waals surface area contributed by atoms with Crippen molar-refractivity contribution in [2.24, 2.45) is 11.7 Å². The van der Waals surface area contributed by atoms with Gasteiger partial charge in [0.2, 0.25) is 0 Å². The number of nitrogens with zero attached hydrogens (tertiary/aromatic N) is 2. The highest BCUT2D eigenvalue weighted by Crippen LogP contribution is 2.19. The average Bonchev–Trinajstić information content (AvgIpc) is 2.48. The first kappa shape index (κ1) is 12.9. The van der Waals surface area contributed by atoms with Gasteiger partial charge < -0.3 is 5.73 Å². The van der Waals surface area contributed by atoms with E-state index < -0.39 is 10.2 Å². The van der Waals surface area contributed by atoms with Crippen LogP contribution in [0, 0.1) is 5.92 Å². The maximum Gasteiger partial charge on any atom is 0.281 e.